The molecule has 1 N–H and O–H groups in total. The molecule has 2 aliphatic rings. The zero-order valence-electron chi connectivity index (χ0n) is 10.9. The van der Waals surface area contributed by atoms with Crippen LogP contribution in [0.4, 0.5) is 0 Å². The fourth-order valence-corrected chi connectivity index (χ4v) is 5.93. The first-order chi connectivity index (χ1) is 9.82. The van der Waals surface area contributed by atoms with Crippen LogP contribution < -0.4 is 0 Å². The van der Waals surface area contributed by atoms with E-state index in [1.807, 2.05) is 0 Å². The van der Waals surface area contributed by atoms with Gasteiger partial charge >= 0.3 is 5.97 Å². The van der Waals surface area contributed by atoms with Gasteiger partial charge in [-0.3, -0.25) is 4.79 Å². The molecule has 21 heavy (non-hydrogen) atoms. The second-order valence-corrected chi connectivity index (χ2v) is 8.49. The molecule has 0 amide bonds. The summed E-state index contributed by atoms with van der Waals surface area (Å²) in [7, 11) is -3.70. The van der Waals surface area contributed by atoms with E-state index >= 15 is 0 Å². The Kier molecular flexibility index (Phi) is 3.80. The lowest BCUT2D eigenvalue weighted by atomic mass is 9.89. The first-order valence-electron chi connectivity index (χ1n) is 6.54. The number of sulfonamides is 1. The zero-order chi connectivity index (χ0) is 15.4. The number of carboxylic acids is 1. The van der Waals surface area contributed by atoms with Gasteiger partial charge in [0.1, 0.15) is 0 Å². The van der Waals surface area contributed by atoms with Crippen molar-refractivity contribution >= 4 is 43.5 Å². The summed E-state index contributed by atoms with van der Waals surface area (Å²) in [6.07, 6.45) is 1.73. The number of nitrogens with zero attached hydrogens (tertiary/aromatic N) is 1. The van der Waals surface area contributed by atoms with Crippen molar-refractivity contribution in [1.29, 1.82) is 0 Å². The topological polar surface area (TPSA) is 74.7 Å². The summed E-state index contributed by atoms with van der Waals surface area (Å²) in [5.74, 6) is -1.52. The third kappa shape index (κ3) is 2.40. The summed E-state index contributed by atoms with van der Waals surface area (Å²) >= 11 is 9.11. The molecule has 2 aliphatic heterocycles. The quantitative estimate of drug-likeness (QED) is 0.855. The van der Waals surface area contributed by atoms with E-state index < -0.39 is 28.0 Å². The van der Waals surface area contributed by atoms with Gasteiger partial charge in [0.15, 0.2) is 0 Å². The second kappa shape index (κ2) is 5.22. The lowest BCUT2D eigenvalue weighted by Gasteiger charge is -2.22. The van der Waals surface area contributed by atoms with Gasteiger partial charge in [-0.05, 0) is 53.4 Å². The van der Waals surface area contributed by atoms with Crippen molar-refractivity contribution in [1.82, 2.24) is 4.31 Å². The van der Waals surface area contributed by atoms with E-state index in [1.165, 1.54) is 22.5 Å². The molecule has 1 aromatic carbocycles. The molecule has 2 bridgehead atoms. The van der Waals surface area contributed by atoms with Crippen LogP contribution in [-0.2, 0) is 14.8 Å². The zero-order valence-corrected chi connectivity index (χ0v) is 14.0. The number of aliphatic carboxylic acids is 1. The Bertz CT molecular complexity index is 708. The Morgan fingerprint density at radius 2 is 2.10 bits per heavy atom. The van der Waals surface area contributed by atoms with Gasteiger partial charge in [0.2, 0.25) is 10.0 Å². The Labute approximate surface area is 136 Å². The SMILES string of the molecule is O=C(O)C1CC2CCC1N2S(=O)(=O)c1ccc(Cl)c(Br)c1. The highest BCUT2D eigenvalue weighted by atomic mass is 79.9. The highest BCUT2D eigenvalue weighted by Gasteiger charge is 2.54. The van der Waals surface area contributed by atoms with Crippen molar-refractivity contribution in [3.8, 4) is 0 Å². The predicted molar refractivity (Wildman–Crippen MR) is 80.7 cm³/mol. The van der Waals surface area contributed by atoms with Crippen LogP contribution >= 0.6 is 27.5 Å². The normalized spacial score (nSPS) is 29.0. The monoisotopic (exact) mass is 393 g/mol. The maximum atomic E-state index is 12.8. The van der Waals surface area contributed by atoms with Crippen LogP contribution in [0.25, 0.3) is 0 Å². The number of benzene rings is 1. The first kappa shape index (κ1) is 15.3. The first-order valence-corrected chi connectivity index (χ1v) is 9.15. The number of carboxylic acid groups (broad SMARTS) is 1. The van der Waals surface area contributed by atoms with Crippen molar-refractivity contribution in [2.24, 2.45) is 5.92 Å². The van der Waals surface area contributed by atoms with Crippen LogP contribution in [0.15, 0.2) is 27.6 Å². The van der Waals surface area contributed by atoms with Crippen molar-refractivity contribution in [2.45, 2.75) is 36.2 Å². The lowest BCUT2D eigenvalue weighted by molar-refractivity contribution is -0.142. The van der Waals surface area contributed by atoms with Crippen molar-refractivity contribution in [3.05, 3.63) is 27.7 Å². The Hall–Kier alpha value is -0.630. The highest BCUT2D eigenvalue weighted by molar-refractivity contribution is 9.10. The molecule has 114 valence electrons. The molecular formula is C13H13BrClNO4S. The van der Waals surface area contributed by atoms with Crippen LogP contribution in [0.5, 0.6) is 0 Å². The summed E-state index contributed by atoms with van der Waals surface area (Å²) < 4.78 is 27.5. The fourth-order valence-electron chi connectivity index (χ4n) is 3.34. The molecule has 3 atom stereocenters. The number of rotatable bonds is 3. The van der Waals surface area contributed by atoms with Crippen LogP contribution in [0.1, 0.15) is 19.3 Å². The van der Waals surface area contributed by atoms with E-state index in [-0.39, 0.29) is 10.9 Å². The van der Waals surface area contributed by atoms with Gasteiger partial charge in [-0.1, -0.05) is 11.6 Å². The molecule has 0 aliphatic carbocycles. The summed E-state index contributed by atoms with van der Waals surface area (Å²) in [4.78, 5) is 11.4. The van der Waals surface area contributed by atoms with Gasteiger partial charge in [0.05, 0.1) is 15.8 Å². The molecule has 0 spiro atoms. The van der Waals surface area contributed by atoms with Gasteiger partial charge in [0.25, 0.3) is 0 Å². The number of carbonyl (C=O) groups is 1. The fraction of sp³-hybridized carbons (Fsp3) is 0.462. The molecular weight excluding hydrogens is 382 g/mol. The van der Waals surface area contributed by atoms with Gasteiger partial charge in [-0.2, -0.15) is 4.31 Å². The molecule has 3 rings (SSSR count). The maximum Gasteiger partial charge on any atom is 0.308 e. The van der Waals surface area contributed by atoms with E-state index in [1.54, 1.807) is 0 Å². The van der Waals surface area contributed by atoms with Crippen LogP contribution in [-0.4, -0.2) is 35.9 Å². The number of hydrogen-bond donors (Lipinski definition) is 1. The maximum absolute atomic E-state index is 12.8. The largest absolute Gasteiger partial charge is 0.481 e. The Morgan fingerprint density at radius 1 is 1.38 bits per heavy atom. The lowest BCUT2D eigenvalue weighted by Crippen LogP contribution is -2.37. The molecule has 5 nitrogen and oxygen atoms in total. The summed E-state index contributed by atoms with van der Waals surface area (Å²) in [5.41, 5.74) is 0. The van der Waals surface area contributed by atoms with Gasteiger partial charge < -0.3 is 5.11 Å². The minimum absolute atomic E-state index is 0.140. The Morgan fingerprint density at radius 3 is 2.67 bits per heavy atom. The second-order valence-electron chi connectivity index (χ2n) is 5.39. The average Bonchev–Trinajstić information content (AvgIpc) is 3.00. The van der Waals surface area contributed by atoms with Crippen molar-refractivity contribution in [2.75, 3.05) is 0 Å². The van der Waals surface area contributed by atoms with E-state index in [9.17, 15) is 18.3 Å². The van der Waals surface area contributed by atoms with E-state index in [4.69, 9.17) is 11.6 Å². The van der Waals surface area contributed by atoms with Crippen molar-refractivity contribution < 1.29 is 18.3 Å². The minimum atomic E-state index is -3.70. The minimum Gasteiger partial charge on any atom is -0.481 e. The number of halogens is 2. The molecule has 2 heterocycles. The van der Waals surface area contributed by atoms with Gasteiger partial charge in [-0.15, -0.1) is 0 Å². The smallest absolute Gasteiger partial charge is 0.308 e. The standard InChI is InChI=1S/C13H13BrClNO4S/c14-10-6-8(2-3-11(10)15)21(19,20)16-7-1-4-12(16)9(5-7)13(17)18/h2-3,6-7,9,12H,1,4-5H2,(H,17,18). The molecule has 0 saturated carbocycles. The third-order valence-electron chi connectivity index (χ3n) is 4.26. The van der Waals surface area contributed by atoms with Crippen LogP contribution in [0.2, 0.25) is 5.02 Å². The summed E-state index contributed by atoms with van der Waals surface area (Å²) in [5, 5.41) is 9.66. The van der Waals surface area contributed by atoms with E-state index in [0.29, 0.717) is 22.3 Å². The molecule has 2 fully saturated rings. The highest BCUT2D eigenvalue weighted by Crippen LogP contribution is 2.45. The molecule has 0 radical (unpaired) electrons. The van der Waals surface area contributed by atoms with Crippen molar-refractivity contribution in [3.63, 3.8) is 0 Å². The average molecular weight is 395 g/mol. The van der Waals surface area contributed by atoms with Crippen LogP contribution in [0.3, 0.4) is 0 Å². The van der Waals surface area contributed by atoms with Crippen LogP contribution in [0, 0.1) is 5.92 Å². The predicted octanol–water partition coefficient (Wildman–Crippen LogP) is 2.73. The van der Waals surface area contributed by atoms with E-state index in [2.05, 4.69) is 15.9 Å². The van der Waals surface area contributed by atoms with Gasteiger partial charge in [0, 0.05) is 16.6 Å². The van der Waals surface area contributed by atoms with E-state index in [0.717, 1.165) is 6.42 Å². The Balaban J connectivity index is 1.99. The summed E-state index contributed by atoms with van der Waals surface area (Å²) in [6, 6.07) is 3.79. The third-order valence-corrected chi connectivity index (χ3v) is 7.44. The molecule has 3 unspecified atom stereocenters. The number of hydrogen-bond acceptors (Lipinski definition) is 3. The molecule has 2 saturated heterocycles. The summed E-state index contributed by atoms with van der Waals surface area (Å²) in [6.45, 7) is 0. The molecule has 0 aromatic heterocycles. The van der Waals surface area contributed by atoms with Gasteiger partial charge in [-0.25, -0.2) is 8.42 Å². The molecule has 8 heteroatoms. The number of fused-ring (bicyclic) bond motifs is 2. The molecule has 1 aromatic rings.